The van der Waals surface area contributed by atoms with E-state index in [1.165, 1.54) is 65.3 Å². The van der Waals surface area contributed by atoms with Crippen LogP contribution in [0.15, 0.2) is 59.8 Å². The zero-order valence-electron chi connectivity index (χ0n) is 16.5. The van der Waals surface area contributed by atoms with Gasteiger partial charge in [0, 0.05) is 6.07 Å². The molecule has 2 aromatic heterocycles. The van der Waals surface area contributed by atoms with Crippen molar-refractivity contribution < 1.29 is 23.2 Å². The highest BCUT2D eigenvalue weighted by molar-refractivity contribution is 5.76. The number of benzene rings is 2. The number of alkyl halides is 2. The van der Waals surface area contributed by atoms with Crippen molar-refractivity contribution in [2.45, 2.75) is 13.2 Å². The molecule has 32 heavy (non-hydrogen) atoms. The van der Waals surface area contributed by atoms with Gasteiger partial charge in [0.15, 0.2) is 17.1 Å². The molecular weight excluding hydrogens is 428 g/mol. The van der Waals surface area contributed by atoms with E-state index in [-0.39, 0.29) is 40.5 Å². The molecule has 0 saturated heterocycles. The number of fused-ring (bicyclic) bond motifs is 1. The van der Waals surface area contributed by atoms with Crippen molar-refractivity contribution in [1.29, 1.82) is 0 Å². The fourth-order valence-electron chi connectivity index (χ4n) is 3.24. The first-order chi connectivity index (χ1) is 15.4. The van der Waals surface area contributed by atoms with Crippen LogP contribution in [0.3, 0.4) is 0 Å². The lowest BCUT2D eigenvalue weighted by atomic mass is 10.2. The normalized spacial score (nSPS) is 11.1. The van der Waals surface area contributed by atoms with E-state index in [0.717, 1.165) is 0 Å². The maximum Gasteiger partial charge on any atom is 0.387 e. The van der Waals surface area contributed by atoms with Crippen molar-refractivity contribution in [1.82, 2.24) is 19.3 Å². The first-order valence-corrected chi connectivity index (χ1v) is 9.17. The third-order valence-corrected chi connectivity index (χ3v) is 4.66. The van der Waals surface area contributed by atoms with Crippen LogP contribution in [0.1, 0.15) is 5.56 Å². The topological polar surface area (TPSA) is 114 Å². The summed E-state index contributed by atoms with van der Waals surface area (Å²) in [5.41, 5.74) is 0.321. The number of para-hydroxylation sites is 2. The van der Waals surface area contributed by atoms with Crippen LogP contribution in [0.25, 0.3) is 16.7 Å². The zero-order chi connectivity index (χ0) is 22.8. The number of rotatable bonds is 7. The number of nitro benzene ring substituents is 1. The molecule has 0 spiro atoms. The minimum absolute atomic E-state index is 0.0732. The van der Waals surface area contributed by atoms with Crippen LogP contribution in [0.4, 0.5) is 14.5 Å². The summed E-state index contributed by atoms with van der Waals surface area (Å²) in [6, 6.07) is 10.3. The van der Waals surface area contributed by atoms with Crippen LogP contribution >= 0.6 is 0 Å². The summed E-state index contributed by atoms with van der Waals surface area (Å²) < 4.78 is 37.0. The van der Waals surface area contributed by atoms with E-state index in [9.17, 15) is 23.7 Å². The molecule has 0 aliphatic carbocycles. The van der Waals surface area contributed by atoms with Crippen molar-refractivity contribution in [3.05, 3.63) is 81.0 Å². The lowest BCUT2D eigenvalue weighted by Gasteiger charge is -2.12. The average Bonchev–Trinajstić information content (AvgIpc) is 3.21. The fourth-order valence-corrected chi connectivity index (χ4v) is 3.24. The molecule has 0 atom stereocenters. The third kappa shape index (κ3) is 3.85. The second-order valence-corrected chi connectivity index (χ2v) is 6.58. The highest BCUT2D eigenvalue weighted by atomic mass is 19.3. The minimum atomic E-state index is -3.00. The van der Waals surface area contributed by atoms with E-state index in [4.69, 9.17) is 4.74 Å². The molecule has 0 bridgehead atoms. The van der Waals surface area contributed by atoms with Gasteiger partial charge < -0.3 is 9.47 Å². The molecule has 164 valence electrons. The predicted molar refractivity (Wildman–Crippen MR) is 109 cm³/mol. The highest BCUT2D eigenvalue weighted by Gasteiger charge is 2.19. The van der Waals surface area contributed by atoms with Crippen LogP contribution in [-0.4, -0.2) is 38.0 Å². The molecule has 0 radical (unpaired) electrons. The molecule has 0 amide bonds. The Morgan fingerprint density at radius 3 is 2.69 bits per heavy atom. The van der Waals surface area contributed by atoms with Crippen LogP contribution < -0.4 is 15.0 Å². The summed E-state index contributed by atoms with van der Waals surface area (Å²) in [4.78, 5) is 28.0. The van der Waals surface area contributed by atoms with Crippen molar-refractivity contribution in [2.75, 3.05) is 7.11 Å². The summed E-state index contributed by atoms with van der Waals surface area (Å²) in [6.07, 6.45) is 2.58. The van der Waals surface area contributed by atoms with Crippen LogP contribution in [0.5, 0.6) is 11.5 Å². The summed E-state index contributed by atoms with van der Waals surface area (Å²) in [6.45, 7) is -2.93. The van der Waals surface area contributed by atoms with E-state index in [1.54, 1.807) is 6.07 Å². The molecule has 0 fully saturated rings. The fraction of sp³-hybridized carbons (Fsp3) is 0.150. The Morgan fingerprint density at radius 2 is 1.97 bits per heavy atom. The lowest BCUT2D eigenvalue weighted by molar-refractivity contribution is -0.384. The van der Waals surface area contributed by atoms with Gasteiger partial charge >= 0.3 is 6.61 Å². The molecule has 2 heterocycles. The Balaban J connectivity index is 1.71. The van der Waals surface area contributed by atoms with Gasteiger partial charge in [0.05, 0.1) is 24.8 Å². The smallest absolute Gasteiger partial charge is 0.387 e. The summed E-state index contributed by atoms with van der Waals surface area (Å²) >= 11 is 0. The summed E-state index contributed by atoms with van der Waals surface area (Å²) in [7, 11) is 1.31. The van der Waals surface area contributed by atoms with Gasteiger partial charge in [-0.25, -0.2) is 9.67 Å². The summed E-state index contributed by atoms with van der Waals surface area (Å²) in [5, 5.41) is 15.6. The number of methoxy groups -OCH3 is 1. The van der Waals surface area contributed by atoms with Crippen LogP contribution in [0.2, 0.25) is 0 Å². The van der Waals surface area contributed by atoms with Gasteiger partial charge in [-0.05, 0) is 23.8 Å². The molecule has 0 aliphatic rings. The third-order valence-electron chi connectivity index (χ3n) is 4.66. The van der Waals surface area contributed by atoms with Gasteiger partial charge in [0.25, 0.3) is 11.2 Å². The van der Waals surface area contributed by atoms with Gasteiger partial charge in [-0.1, -0.05) is 18.2 Å². The first-order valence-electron chi connectivity index (χ1n) is 9.17. The Hall–Kier alpha value is -4.35. The maximum atomic E-state index is 12.9. The van der Waals surface area contributed by atoms with Crippen LogP contribution in [0, 0.1) is 10.1 Å². The molecule has 0 aliphatic heterocycles. The molecule has 0 saturated carbocycles. The molecule has 12 heteroatoms. The predicted octanol–water partition coefficient (Wildman–Crippen LogP) is 3.15. The summed E-state index contributed by atoms with van der Waals surface area (Å²) in [5.74, 6) is -0.0352. The molecule has 2 aromatic carbocycles. The Labute approximate surface area is 178 Å². The molecule has 10 nitrogen and oxygen atoms in total. The van der Waals surface area contributed by atoms with Crippen LogP contribution in [-0.2, 0) is 6.54 Å². The Kier molecular flexibility index (Phi) is 5.50. The van der Waals surface area contributed by atoms with Crippen molar-refractivity contribution in [3.8, 4) is 17.2 Å². The molecule has 0 N–H and O–H groups in total. The standard InChI is InChI=1S/C20H15F2N5O5/c1-31-17-8-12(6-7-16(17)32-20(21)22)10-25-11-23-18-13(19(25)28)9-24-26(18)14-4-2-3-5-15(14)27(29)30/h2-9,11,20H,10H2,1H3. The van der Waals surface area contributed by atoms with E-state index in [0.29, 0.717) is 5.56 Å². The number of aromatic nitrogens is 4. The number of halogens is 2. The largest absolute Gasteiger partial charge is 0.493 e. The molecular formula is C20H15F2N5O5. The number of hydrogen-bond donors (Lipinski definition) is 0. The second-order valence-electron chi connectivity index (χ2n) is 6.58. The number of nitrogens with zero attached hydrogens (tertiary/aromatic N) is 5. The van der Waals surface area contributed by atoms with Gasteiger partial charge in [-0.3, -0.25) is 19.5 Å². The molecule has 4 aromatic rings. The van der Waals surface area contributed by atoms with E-state index < -0.39 is 17.1 Å². The quantitative estimate of drug-likeness (QED) is 0.318. The van der Waals surface area contributed by atoms with E-state index >= 15 is 0 Å². The monoisotopic (exact) mass is 443 g/mol. The van der Waals surface area contributed by atoms with Crippen molar-refractivity contribution in [3.63, 3.8) is 0 Å². The van der Waals surface area contributed by atoms with E-state index in [1.807, 2.05) is 0 Å². The van der Waals surface area contributed by atoms with Crippen molar-refractivity contribution >= 4 is 16.7 Å². The van der Waals surface area contributed by atoms with Gasteiger partial charge in [-0.2, -0.15) is 13.9 Å². The first kappa shape index (κ1) is 20.9. The Bertz CT molecular complexity index is 1370. The SMILES string of the molecule is COc1cc(Cn2cnc3c(cnn3-c3ccccc3[N+](=O)[O-])c2=O)ccc1OC(F)F. The number of hydrogen-bond acceptors (Lipinski definition) is 7. The van der Waals surface area contributed by atoms with Crippen molar-refractivity contribution in [2.24, 2.45) is 0 Å². The molecule has 4 rings (SSSR count). The lowest BCUT2D eigenvalue weighted by Crippen LogP contribution is -2.21. The maximum absolute atomic E-state index is 12.9. The number of nitro groups is 1. The number of ether oxygens (including phenoxy) is 2. The van der Waals surface area contributed by atoms with Gasteiger partial charge in [0.2, 0.25) is 0 Å². The zero-order valence-corrected chi connectivity index (χ0v) is 16.5. The second kappa shape index (κ2) is 8.41. The highest BCUT2D eigenvalue weighted by Crippen LogP contribution is 2.30. The van der Waals surface area contributed by atoms with Gasteiger partial charge in [0.1, 0.15) is 17.4 Å². The molecule has 0 unspecified atom stereocenters. The van der Waals surface area contributed by atoms with E-state index in [2.05, 4.69) is 14.8 Å². The Morgan fingerprint density at radius 1 is 1.19 bits per heavy atom. The van der Waals surface area contributed by atoms with Gasteiger partial charge in [-0.15, -0.1) is 0 Å². The average molecular weight is 443 g/mol. The minimum Gasteiger partial charge on any atom is -0.493 e.